The molecule has 2 aromatic rings. The molecule has 2 rings (SSSR count). The van der Waals surface area contributed by atoms with Crippen LogP contribution in [0.5, 0.6) is 0 Å². The summed E-state index contributed by atoms with van der Waals surface area (Å²) >= 11 is 1.55. The molecule has 1 unspecified atom stereocenters. The van der Waals surface area contributed by atoms with Crippen LogP contribution in [0.15, 0.2) is 34.4 Å². The molecule has 0 aliphatic rings. The van der Waals surface area contributed by atoms with Crippen molar-refractivity contribution in [3.8, 4) is 0 Å². The molecule has 0 radical (unpaired) electrons. The predicted molar refractivity (Wildman–Crippen MR) is 100 cm³/mol. The van der Waals surface area contributed by atoms with E-state index in [-0.39, 0.29) is 24.1 Å². The second kappa shape index (κ2) is 9.30. The van der Waals surface area contributed by atoms with Gasteiger partial charge in [-0.15, -0.1) is 11.3 Å². The van der Waals surface area contributed by atoms with Gasteiger partial charge in [-0.2, -0.15) is 0 Å². The van der Waals surface area contributed by atoms with Gasteiger partial charge in [0.05, 0.1) is 19.2 Å². The van der Waals surface area contributed by atoms with Gasteiger partial charge in [0.15, 0.2) is 0 Å². The molecule has 1 atom stereocenters. The number of nitrogens with zero attached hydrogens (tertiary/aromatic N) is 1. The van der Waals surface area contributed by atoms with Crippen LogP contribution in [0.3, 0.4) is 0 Å². The molecule has 0 spiro atoms. The maximum atomic E-state index is 12.3. The van der Waals surface area contributed by atoms with Gasteiger partial charge in [-0.25, -0.2) is 0 Å². The number of rotatable bonds is 8. The molecule has 0 saturated carbocycles. The van der Waals surface area contributed by atoms with Crippen LogP contribution >= 0.6 is 11.3 Å². The Morgan fingerprint density at radius 3 is 2.73 bits per heavy atom. The van der Waals surface area contributed by atoms with Crippen LogP contribution in [-0.2, 0) is 16.1 Å². The number of carbonyl (C=O) groups is 2. The average Bonchev–Trinajstić information content (AvgIpc) is 3.09. The molecule has 0 fully saturated rings. The van der Waals surface area contributed by atoms with Crippen molar-refractivity contribution in [2.24, 2.45) is 0 Å². The van der Waals surface area contributed by atoms with E-state index in [1.165, 1.54) is 6.07 Å². The van der Waals surface area contributed by atoms with Crippen molar-refractivity contribution in [3.63, 3.8) is 0 Å². The minimum absolute atomic E-state index is 0.0604. The number of thiophene rings is 1. The van der Waals surface area contributed by atoms with E-state index in [1.807, 2.05) is 24.4 Å². The van der Waals surface area contributed by atoms with Gasteiger partial charge in [-0.1, -0.05) is 6.07 Å². The Kier molecular flexibility index (Phi) is 7.11. The molecule has 1 amide bonds. The fourth-order valence-electron chi connectivity index (χ4n) is 2.44. The summed E-state index contributed by atoms with van der Waals surface area (Å²) in [6.45, 7) is 4.43. The highest BCUT2D eigenvalue weighted by Crippen LogP contribution is 2.18. The standard InChI is InChI=1S/C18H23N3O4S/c1-4-25-16(22)11-21(3)10-13-7-8-14(18(24)20-13)17(23)19-12(2)15-6-5-9-26-15/h5-9,12H,4,10-11H2,1-3H3,(H,19,23)(H,20,24). The summed E-state index contributed by atoms with van der Waals surface area (Å²) in [5.41, 5.74) is 0.220. The number of carbonyl (C=O) groups excluding carboxylic acids is 2. The Labute approximate surface area is 156 Å². The summed E-state index contributed by atoms with van der Waals surface area (Å²) in [7, 11) is 1.75. The Balaban J connectivity index is 1.99. The highest BCUT2D eigenvalue weighted by molar-refractivity contribution is 7.10. The van der Waals surface area contributed by atoms with Crippen LogP contribution in [-0.4, -0.2) is 42.0 Å². The second-order valence-corrected chi connectivity index (χ2v) is 6.89. The minimum Gasteiger partial charge on any atom is -0.465 e. The van der Waals surface area contributed by atoms with Crippen molar-refractivity contribution in [1.82, 2.24) is 15.2 Å². The Bertz CT molecular complexity index is 801. The van der Waals surface area contributed by atoms with Gasteiger partial charge < -0.3 is 15.0 Å². The van der Waals surface area contributed by atoms with E-state index in [0.29, 0.717) is 18.8 Å². The van der Waals surface area contributed by atoms with Crippen molar-refractivity contribution in [2.45, 2.75) is 26.4 Å². The fraction of sp³-hybridized carbons (Fsp3) is 0.389. The number of ether oxygens (including phenoxy) is 1. The molecule has 2 N–H and O–H groups in total. The predicted octanol–water partition coefficient (Wildman–Crippen LogP) is 1.92. The van der Waals surface area contributed by atoms with Crippen molar-refractivity contribution in [3.05, 3.63) is 56.1 Å². The largest absolute Gasteiger partial charge is 0.465 e. The lowest BCUT2D eigenvalue weighted by molar-refractivity contribution is -0.144. The summed E-state index contributed by atoms with van der Waals surface area (Å²) in [5, 5.41) is 4.76. The van der Waals surface area contributed by atoms with E-state index in [2.05, 4.69) is 10.3 Å². The van der Waals surface area contributed by atoms with Gasteiger partial charge >= 0.3 is 5.97 Å². The van der Waals surface area contributed by atoms with E-state index in [9.17, 15) is 14.4 Å². The SMILES string of the molecule is CCOC(=O)CN(C)Cc1ccc(C(=O)NC(C)c2cccs2)c(=O)[nH]1. The lowest BCUT2D eigenvalue weighted by Crippen LogP contribution is -2.32. The van der Waals surface area contributed by atoms with Crippen LogP contribution in [0.4, 0.5) is 0 Å². The molecular weight excluding hydrogens is 354 g/mol. The van der Waals surface area contributed by atoms with Gasteiger partial charge in [0.25, 0.3) is 11.5 Å². The first-order chi connectivity index (χ1) is 12.4. The first-order valence-electron chi connectivity index (χ1n) is 8.31. The third-order valence-electron chi connectivity index (χ3n) is 3.68. The maximum absolute atomic E-state index is 12.3. The molecule has 0 bridgehead atoms. The molecule has 26 heavy (non-hydrogen) atoms. The summed E-state index contributed by atoms with van der Waals surface area (Å²) in [4.78, 5) is 41.5. The molecule has 140 valence electrons. The molecule has 2 heterocycles. The zero-order chi connectivity index (χ0) is 19.1. The average molecular weight is 377 g/mol. The fourth-order valence-corrected chi connectivity index (χ4v) is 3.18. The number of hydrogen-bond acceptors (Lipinski definition) is 6. The molecule has 0 aliphatic carbocycles. The third kappa shape index (κ3) is 5.53. The van der Waals surface area contributed by atoms with Crippen molar-refractivity contribution in [1.29, 1.82) is 0 Å². The van der Waals surface area contributed by atoms with Crippen LogP contribution in [0.25, 0.3) is 0 Å². The van der Waals surface area contributed by atoms with Crippen molar-refractivity contribution >= 4 is 23.2 Å². The van der Waals surface area contributed by atoms with Crippen LogP contribution in [0.2, 0.25) is 0 Å². The summed E-state index contributed by atoms with van der Waals surface area (Å²) in [6.07, 6.45) is 0. The number of aromatic nitrogens is 1. The maximum Gasteiger partial charge on any atom is 0.320 e. The van der Waals surface area contributed by atoms with E-state index in [0.717, 1.165) is 4.88 Å². The number of amides is 1. The van der Waals surface area contributed by atoms with Gasteiger partial charge in [-0.3, -0.25) is 19.3 Å². The van der Waals surface area contributed by atoms with Crippen LogP contribution in [0.1, 0.15) is 40.8 Å². The van der Waals surface area contributed by atoms with Gasteiger partial charge in [0.2, 0.25) is 0 Å². The van der Waals surface area contributed by atoms with E-state index >= 15 is 0 Å². The summed E-state index contributed by atoms with van der Waals surface area (Å²) in [6, 6.07) is 6.85. The van der Waals surface area contributed by atoms with Gasteiger partial charge in [0.1, 0.15) is 5.56 Å². The van der Waals surface area contributed by atoms with E-state index < -0.39 is 11.5 Å². The lowest BCUT2D eigenvalue weighted by atomic mass is 10.2. The first-order valence-corrected chi connectivity index (χ1v) is 9.19. The van der Waals surface area contributed by atoms with Crippen LogP contribution < -0.4 is 10.9 Å². The molecule has 0 saturated heterocycles. The number of nitrogens with one attached hydrogen (secondary N) is 2. The van der Waals surface area contributed by atoms with E-state index in [1.54, 1.807) is 36.3 Å². The third-order valence-corrected chi connectivity index (χ3v) is 4.73. The lowest BCUT2D eigenvalue weighted by Gasteiger charge is -2.16. The summed E-state index contributed by atoms with van der Waals surface area (Å²) in [5.74, 6) is -0.741. The second-order valence-electron chi connectivity index (χ2n) is 5.91. The van der Waals surface area contributed by atoms with Crippen molar-refractivity contribution < 1.29 is 14.3 Å². The Morgan fingerprint density at radius 1 is 1.35 bits per heavy atom. The topological polar surface area (TPSA) is 91.5 Å². The zero-order valence-corrected chi connectivity index (χ0v) is 15.9. The highest BCUT2D eigenvalue weighted by atomic mass is 32.1. The smallest absolute Gasteiger partial charge is 0.320 e. The van der Waals surface area contributed by atoms with Crippen molar-refractivity contribution in [2.75, 3.05) is 20.2 Å². The minimum atomic E-state index is -0.456. The normalized spacial score (nSPS) is 12.0. The number of likely N-dealkylation sites (N-methyl/N-ethyl adjacent to an activating group) is 1. The summed E-state index contributed by atoms with van der Waals surface area (Å²) < 4.78 is 4.89. The highest BCUT2D eigenvalue weighted by Gasteiger charge is 2.16. The first kappa shape index (κ1) is 19.9. The van der Waals surface area contributed by atoms with Gasteiger partial charge in [-0.05, 0) is 44.5 Å². The number of hydrogen-bond donors (Lipinski definition) is 2. The monoisotopic (exact) mass is 377 g/mol. The molecule has 8 heteroatoms. The number of pyridine rings is 1. The van der Waals surface area contributed by atoms with Crippen LogP contribution in [0, 0.1) is 0 Å². The Hall–Kier alpha value is -2.45. The number of esters is 1. The molecule has 0 aromatic carbocycles. The molecule has 2 aromatic heterocycles. The number of H-pyrrole nitrogens is 1. The molecule has 7 nitrogen and oxygen atoms in total. The van der Waals surface area contributed by atoms with Gasteiger partial charge in [0, 0.05) is 17.1 Å². The molecular formula is C18H23N3O4S. The van der Waals surface area contributed by atoms with E-state index in [4.69, 9.17) is 4.74 Å². The number of aromatic amines is 1. The Morgan fingerprint density at radius 2 is 2.12 bits per heavy atom. The quantitative estimate of drug-likeness (QED) is 0.686. The zero-order valence-electron chi connectivity index (χ0n) is 15.1. The molecule has 0 aliphatic heterocycles.